The second kappa shape index (κ2) is 9.01. The van der Waals surface area contributed by atoms with Crippen LogP contribution in [0.5, 0.6) is 0 Å². The molecule has 4 rings (SSSR count). The maximum absolute atomic E-state index is 12.6. The Morgan fingerprint density at radius 3 is 2.90 bits per heavy atom. The first-order valence-electron chi connectivity index (χ1n) is 10.1. The highest BCUT2D eigenvalue weighted by atomic mass is 16.5. The Bertz CT molecular complexity index is 954. The van der Waals surface area contributed by atoms with Crippen LogP contribution in [0, 0.1) is 12.8 Å². The number of piperidine rings is 1. The van der Waals surface area contributed by atoms with Gasteiger partial charge in [0.05, 0.1) is 12.5 Å². The number of nitrogens with one attached hydrogen (secondary N) is 1. The number of hydrogen-bond acceptors (Lipinski definition) is 5. The largest absolute Gasteiger partial charge is 0.352 e. The lowest BCUT2D eigenvalue weighted by Gasteiger charge is -2.30. The van der Waals surface area contributed by atoms with Gasteiger partial charge in [-0.05, 0) is 37.9 Å². The van der Waals surface area contributed by atoms with Crippen LogP contribution in [0.4, 0.5) is 0 Å². The van der Waals surface area contributed by atoms with Gasteiger partial charge in [0.2, 0.25) is 17.6 Å². The average molecular weight is 390 g/mol. The van der Waals surface area contributed by atoms with E-state index in [1.54, 1.807) is 0 Å². The standard InChI is InChI=1S/C23H26N4O2/c1-17-7-5-10-19(13-17)22-25-21(29-26-22)16-27-12-6-11-20(15-27)23(28)24-14-18-8-3-2-4-9-18/h2-5,7-10,13,20H,6,11-12,14-16H2,1H3,(H,24,28). The van der Waals surface area contributed by atoms with Gasteiger partial charge in [-0.3, -0.25) is 9.69 Å². The Balaban J connectivity index is 1.32. The lowest BCUT2D eigenvalue weighted by molar-refractivity contribution is -0.127. The molecule has 3 aromatic rings. The summed E-state index contributed by atoms with van der Waals surface area (Å²) in [7, 11) is 0. The summed E-state index contributed by atoms with van der Waals surface area (Å²) in [4.78, 5) is 19.4. The predicted molar refractivity (Wildman–Crippen MR) is 111 cm³/mol. The van der Waals surface area contributed by atoms with Crippen LogP contribution in [0.1, 0.15) is 29.9 Å². The Hall–Kier alpha value is -2.99. The molecule has 1 unspecified atom stereocenters. The van der Waals surface area contributed by atoms with Crippen molar-refractivity contribution >= 4 is 5.91 Å². The van der Waals surface area contributed by atoms with E-state index in [-0.39, 0.29) is 11.8 Å². The molecule has 0 aliphatic carbocycles. The summed E-state index contributed by atoms with van der Waals surface area (Å²) in [5.74, 6) is 1.31. The van der Waals surface area contributed by atoms with Gasteiger partial charge in [0.1, 0.15) is 0 Å². The van der Waals surface area contributed by atoms with E-state index in [1.165, 1.54) is 0 Å². The predicted octanol–water partition coefficient (Wildman–Crippen LogP) is 3.57. The van der Waals surface area contributed by atoms with Crippen LogP contribution in [0.3, 0.4) is 0 Å². The third kappa shape index (κ3) is 5.09. The molecule has 1 atom stereocenters. The minimum absolute atomic E-state index is 0.00775. The number of hydrogen-bond donors (Lipinski definition) is 1. The maximum atomic E-state index is 12.6. The van der Waals surface area contributed by atoms with Gasteiger partial charge in [-0.15, -0.1) is 0 Å². The van der Waals surface area contributed by atoms with Gasteiger partial charge in [-0.2, -0.15) is 4.98 Å². The van der Waals surface area contributed by atoms with Crippen molar-refractivity contribution in [2.24, 2.45) is 5.92 Å². The Labute approximate surface area is 170 Å². The summed E-state index contributed by atoms with van der Waals surface area (Å²) >= 11 is 0. The molecule has 1 fully saturated rings. The summed E-state index contributed by atoms with van der Waals surface area (Å²) in [5, 5.41) is 7.19. The van der Waals surface area contributed by atoms with Crippen molar-refractivity contribution in [3.63, 3.8) is 0 Å². The molecular weight excluding hydrogens is 364 g/mol. The van der Waals surface area contributed by atoms with Crippen molar-refractivity contribution < 1.29 is 9.32 Å². The molecule has 1 aromatic heterocycles. The van der Waals surface area contributed by atoms with Crippen LogP contribution in [0.15, 0.2) is 59.1 Å². The molecule has 6 nitrogen and oxygen atoms in total. The summed E-state index contributed by atoms with van der Waals surface area (Å²) in [5.41, 5.74) is 3.23. The molecule has 0 spiro atoms. The van der Waals surface area contributed by atoms with Crippen LogP contribution in [-0.2, 0) is 17.9 Å². The maximum Gasteiger partial charge on any atom is 0.241 e. The number of amides is 1. The SMILES string of the molecule is Cc1cccc(-c2noc(CN3CCCC(C(=O)NCc4ccccc4)C3)n2)c1. The fourth-order valence-electron chi connectivity index (χ4n) is 3.75. The fourth-order valence-corrected chi connectivity index (χ4v) is 3.75. The molecule has 2 aromatic carbocycles. The molecule has 6 heteroatoms. The minimum atomic E-state index is -0.00775. The van der Waals surface area contributed by atoms with Crippen molar-refractivity contribution in [2.75, 3.05) is 13.1 Å². The number of aryl methyl sites for hydroxylation is 1. The van der Waals surface area contributed by atoms with Crippen molar-refractivity contribution in [1.82, 2.24) is 20.4 Å². The van der Waals surface area contributed by atoms with E-state index >= 15 is 0 Å². The van der Waals surface area contributed by atoms with Gasteiger partial charge in [-0.25, -0.2) is 0 Å². The topological polar surface area (TPSA) is 71.3 Å². The molecule has 0 saturated carbocycles. The number of nitrogens with zero attached hydrogens (tertiary/aromatic N) is 3. The lowest BCUT2D eigenvalue weighted by Crippen LogP contribution is -2.42. The first kappa shape index (κ1) is 19.3. The van der Waals surface area contributed by atoms with Crippen molar-refractivity contribution in [2.45, 2.75) is 32.9 Å². The highest BCUT2D eigenvalue weighted by Crippen LogP contribution is 2.21. The first-order valence-corrected chi connectivity index (χ1v) is 10.1. The van der Waals surface area contributed by atoms with Crippen molar-refractivity contribution in [3.05, 3.63) is 71.6 Å². The van der Waals surface area contributed by atoms with E-state index < -0.39 is 0 Å². The van der Waals surface area contributed by atoms with E-state index in [1.807, 2.05) is 61.5 Å². The third-order valence-electron chi connectivity index (χ3n) is 5.29. The molecule has 1 N–H and O–H groups in total. The Morgan fingerprint density at radius 2 is 2.07 bits per heavy atom. The van der Waals surface area contributed by atoms with Gasteiger partial charge in [0.15, 0.2) is 0 Å². The number of aromatic nitrogens is 2. The summed E-state index contributed by atoms with van der Waals surface area (Å²) in [6.07, 6.45) is 1.90. The van der Waals surface area contributed by atoms with Gasteiger partial charge in [-0.1, -0.05) is 59.3 Å². The minimum Gasteiger partial charge on any atom is -0.352 e. The second-order valence-electron chi connectivity index (χ2n) is 7.66. The van der Waals surface area contributed by atoms with Crippen LogP contribution in [-0.4, -0.2) is 34.0 Å². The number of carbonyl (C=O) groups excluding carboxylic acids is 1. The van der Waals surface area contributed by atoms with Crippen LogP contribution >= 0.6 is 0 Å². The quantitative estimate of drug-likeness (QED) is 0.697. The number of rotatable bonds is 6. The fraction of sp³-hybridized carbons (Fsp3) is 0.348. The molecule has 1 aliphatic rings. The summed E-state index contributed by atoms with van der Waals surface area (Å²) in [6, 6.07) is 18.1. The summed E-state index contributed by atoms with van der Waals surface area (Å²) < 4.78 is 5.46. The number of likely N-dealkylation sites (tertiary alicyclic amines) is 1. The van der Waals surface area contributed by atoms with E-state index in [2.05, 4.69) is 20.4 Å². The number of benzene rings is 2. The zero-order chi connectivity index (χ0) is 20.1. The number of carbonyl (C=O) groups is 1. The first-order chi connectivity index (χ1) is 14.2. The molecule has 1 aliphatic heterocycles. The highest BCUT2D eigenvalue weighted by Gasteiger charge is 2.26. The van der Waals surface area contributed by atoms with Crippen LogP contribution in [0.2, 0.25) is 0 Å². The van der Waals surface area contributed by atoms with Crippen LogP contribution < -0.4 is 5.32 Å². The molecule has 2 heterocycles. The van der Waals surface area contributed by atoms with Gasteiger partial charge in [0.25, 0.3) is 0 Å². The van der Waals surface area contributed by atoms with Gasteiger partial charge < -0.3 is 9.84 Å². The van der Waals surface area contributed by atoms with Crippen LogP contribution in [0.25, 0.3) is 11.4 Å². The second-order valence-corrected chi connectivity index (χ2v) is 7.66. The third-order valence-corrected chi connectivity index (χ3v) is 5.29. The van der Waals surface area contributed by atoms with E-state index in [9.17, 15) is 4.79 Å². The zero-order valence-electron chi connectivity index (χ0n) is 16.7. The normalized spacial score (nSPS) is 17.2. The molecule has 29 heavy (non-hydrogen) atoms. The van der Waals surface area contributed by atoms with Crippen molar-refractivity contribution in [3.8, 4) is 11.4 Å². The molecule has 0 bridgehead atoms. The van der Waals surface area contributed by atoms with E-state index in [0.29, 0.717) is 31.3 Å². The molecule has 0 radical (unpaired) electrons. The molecule has 1 amide bonds. The van der Waals surface area contributed by atoms with Gasteiger partial charge >= 0.3 is 0 Å². The Morgan fingerprint density at radius 1 is 1.21 bits per heavy atom. The summed E-state index contributed by atoms with van der Waals surface area (Å²) in [6.45, 7) is 4.83. The van der Waals surface area contributed by atoms with E-state index in [0.717, 1.165) is 36.1 Å². The monoisotopic (exact) mass is 390 g/mol. The van der Waals surface area contributed by atoms with Gasteiger partial charge in [0, 0.05) is 18.7 Å². The smallest absolute Gasteiger partial charge is 0.241 e. The van der Waals surface area contributed by atoms with E-state index in [4.69, 9.17) is 4.52 Å². The highest BCUT2D eigenvalue weighted by molar-refractivity contribution is 5.78. The van der Waals surface area contributed by atoms with Crippen molar-refractivity contribution in [1.29, 1.82) is 0 Å². The zero-order valence-corrected chi connectivity index (χ0v) is 16.7. The lowest BCUT2D eigenvalue weighted by atomic mass is 9.97. The molecule has 150 valence electrons. The Kier molecular flexibility index (Phi) is 6.00. The average Bonchev–Trinajstić information content (AvgIpc) is 3.21. The molecule has 1 saturated heterocycles. The molecular formula is C23H26N4O2.